The van der Waals surface area contributed by atoms with Crippen LogP contribution in [0.4, 0.5) is 0 Å². The van der Waals surface area contributed by atoms with Crippen LogP contribution in [-0.2, 0) is 19.4 Å². The predicted molar refractivity (Wildman–Crippen MR) is 67.6 cm³/mol. The molecule has 6 heteroatoms. The molecule has 0 aromatic heterocycles. The number of carbonyl (C=O) groups is 1. The Kier molecular flexibility index (Phi) is 6.12. The highest BCUT2D eigenvalue weighted by molar-refractivity contribution is 7.92. The van der Waals surface area contributed by atoms with Crippen LogP contribution in [-0.4, -0.2) is 44.6 Å². The molecule has 1 atom stereocenters. The molecule has 1 unspecified atom stereocenters. The predicted octanol–water partition coefficient (Wildman–Crippen LogP) is 0.741. The van der Waals surface area contributed by atoms with Crippen LogP contribution in [0.2, 0.25) is 0 Å². The third-order valence-electron chi connectivity index (χ3n) is 2.83. The van der Waals surface area contributed by atoms with Crippen LogP contribution in [0.25, 0.3) is 0 Å². The van der Waals surface area contributed by atoms with Gasteiger partial charge < -0.3 is 10.1 Å². The fraction of sp³-hybridized carbons (Fsp3) is 0.909. The van der Waals surface area contributed by atoms with E-state index >= 15 is 0 Å². The van der Waals surface area contributed by atoms with Gasteiger partial charge in [0.05, 0.1) is 12.4 Å². The van der Waals surface area contributed by atoms with E-state index in [4.69, 9.17) is 4.74 Å². The average Bonchev–Trinajstić information content (AvgIpc) is 2.24. The molecule has 17 heavy (non-hydrogen) atoms. The molecule has 0 rings (SSSR count). The summed E-state index contributed by atoms with van der Waals surface area (Å²) in [6, 6.07) is 0. The number of hydrogen-bond donors (Lipinski definition) is 1. The van der Waals surface area contributed by atoms with E-state index in [1.54, 1.807) is 0 Å². The molecular weight excluding hydrogens is 242 g/mol. The molecule has 0 aromatic carbocycles. The molecule has 0 aliphatic carbocycles. The molecule has 102 valence electrons. The van der Waals surface area contributed by atoms with Gasteiger partial charge in [-0.3, -0.25) is 4.79 Å². The van der Waals surface area contributed by atoms with Gasteiger partial charge in [0.25, 0.3) is 0 Å². The lowest BCUT2D eigenvalue weighted by molar-refractivity contribution is -0.122. The topological polar surface area (TPSA) is 72.5 Å². The Bertz CT molecular complexity index is 348. The van der Waals surface area contributed by atoms with Gasteiger partial charge in [0.1, 0.15) is 5.25 Å². The number of sulfone groups is 1. The number of hydrogen-bond acceptors (Lipinski definition) is 4. The van der Waals surface area contributed by atoms with Crippen molar-refractivity contribution in [3.63, 3.8) is 0 Å². The van der Waals surface area contributed by atoms with Crippen molar-refractivity contribution >= 4 is 15.7 Å². The SMILES string of the molecule is CCC(C)(C)NC(=O)C(C)S(=O)(=O)CCOC. The van der Waals surface area contributed by atoms with Crippen LogP contribution < -0.4 is 5.32 Å². The van der Waals surface area contributed by atoms with Crippen LogP contribution in [0, 0.1) is 0 Å². The lowest BCUT2D eigenvalue weighted by Crippen LogP contribution is -2.49. The van der Waals surface area contributed by atoms with Crippen molar-refractivity contribution in [2.45, 2.75) is 44.9 Å². The second-order valence-electron chi connectivity index (χ2n) is 4.73. The summed E-state index contributed by atoms with van der Waals surface area (Å²) in [6.45, 7) is 7.17. The highest BCUT2D eigenvalue weighted by Crippen LogP contribution is 2.10. The number of methoxy groups -OCH3 is 1. The van der Waals surface area contributed by atoms with Gasteiger partial charge in [-0.25, -0.2) is 8.42 Å². The van der Waals surface area contributed by atoms with E-state index in [0.717, 1.165) is 6.42 Å². The van der Waals surface area contributed by atoms with Crippen molar-refractivity contribution in [3.8, 4) is 0 Å². The minimum Gasteiger partial charge on any atom is -0.384 e. The molecule has 0 saturated carbocycles. The van der Waals surface area contributed by atoms with E-state index in [1.165, 1.54) is 14.0 Å². The first-order valence-electron chi connectivity index (χ1n) is 5.69. The summed E-state index contributed by atoms with van der Waals surface area (Å²) in [5, 5.41) is 1.69. The highest BCUT2D eigenvalue weighted by Gasteiger charge is 2.30. The Morgan fingerprint density at radius 1 is 1.41 bits per heavy atom. The molecule has 0 radical (unpaired) electrons. The Labute approximate surface area is 104 Å². The molecule has 0 fully saturated rings. The van der Waals surface area contributed by atoms with Crippen molar-refractivity contribution in [1.29, 1.82) is 0 Å². The van der Waals surface area contributed by atoms with Crippen molar-refractivity contribution in [3.05, 3.63) is 0 Å². The Morgan fingerprint density at radius 2 is 1.94 bits per heavy atom. The van der Waals surface area contributed by atoms with Gasteiger partial charge in [-0.1, -0.05) is 6.92 Å². The van der Waals surface area contributed by atoms with Crippen molar-refractivity contribution < 1.29 is 17.9 Å². The van der Waals surface area contributed by atoms with Gasteiger partial charge in [0.2, 0.25) is 5.91 Å². The Morgan fingerprint density at radius 3 is 2.35 bits per heavy atom. The highest BCUT2D eigenvalue weighted by atomic mass is 32.2. The summed E-state index contributed by atoms with van der Waals surface area (Å²) in [5.74, 6) is -0.585. The largest absolute Gasteiger partial charge is 0.384 e. The van der Waals surface area contributed by atoms with Gasteiger partial charge in [-0.05, 0) is 27.2 Å². The fourth-order valence-corrected chi connectivity index (χ4v) is 2.20. The van der Waals surface area contributed by atoms with Crippen LogP contribution in [0.3, 0.4) is 0 Å². The fourth-order valence-electron chi connectivity index (χ4n) is 1.06. The zero-order valence-corrected chi connectivity index (χ0v) is 12.1. The summed E-state index contributed by atoms with van der Waals surface area (Å²) in [4.78, 5) is 11.8. The standard InChI is InChI=1S/C11H23NO4S/c1-6-11(3,4)12-10(13)9(2)17(14,15)8-7-16-5/h9H,6-8H2,1-5H3,(H,12,13). The van der Waals surface area contributed by atoms with E-state index in [9.17, 15) is 13.2 Å². The smallest absolute Gasteiger partial charge is 0.238 e. The zero-order chi connectivity index (χ0) is 13.7. The third kappa shape index (κ3) is 5.50. The summed E-state index contributed by atoms with van der Waals surface area (Å²) in [6.07, 6.45) is 0.740. The van der Waals surface area contributed by atoms with E-state index in [-0.39, 0.29) is 17.9 Å². The van der Waals surface area contributed by atoms with Gasteiger partial charge in [-0.2, -0.15) is 0 Å². The zero-order valence-electron chi connectivity index (χ0n) is 11.2. The molecular formula is C11H23NO4S. The lowest BCUT2D eigenvalue weighted by atomic mass is 10.0. The summed E-state index contributed by atoms with van der Waals surface area (Å²) < 4.78 is 28.2. The Hall–Kier alpha value is -0.620. The normalized spacial score (nSPS) is 14.4. The number of amides is 1. The van der Waals surface area contributed by atoms with E-state index < -0.39 is 21.0 Å². The monoisotopic (exact) mass is 265 g/mol. The molecule has 0 spiro atoms. The van der Waals surface area contributed by atoms with Gasteiger partial charge >= 0.3 is 0 Å². The van der Waals surface area contributed by atoms with Crippen molar-refractivity contribution in [2.24, 2.45) is 0 Å². The summed E-state index contributed by atoms with van der Waals surface area (Å²) >= 11 is 0. The van der Waals surface area contributed by atoms with Gasteiger partial charge in [-0.15, -0.1) is 0 Å². The molecule has 0 aromatic rings. The first kappa shape index (κ1) is 16.4. The van der Waals surface area contributed by atoms with Gasteiger partial charge in [0.15, 0.2) is 9.84 Å². The Balaban J connectivity index is 4.60. The minimum absolute atomic E-state index is 0.108. The second kappa shape index (κ2) is 6.35. The number of ether oxygens (including phenoxy) is 1. The molecule has 0 aliphatic rings. The lowest BCUT2D eigenvalue weighted by Gasteiger charge is -2.26. The van der Waals surface area contributed by atoms with E-state index in [1.807, 2.05) is 20.8 Å². The van der Waals surface area contributed by atoms with Crippen molar-refractivity contribution in [2.75, 3.05) is 19.5 Å². The minimum atomic E-state index is -3.44. The quantitative estimate of drug-likeness (QED) is 0.737. The maximum absolute atomic E-state index is 11.8. The summed E-state index contributed by atoms with van der Waals surface area (Å²) in [7, 11) is -2.01. The molecule has 5 nitrogen and oxygen atoms in total. The number of carbonyl (C=O) groups excluding carboxylic acids is 1. The number of nitrogens with one attached hydrogen (secondary N) is 1. The van der Waals surface area contributed by atoms with Crippen molar-refractivity contribution in [1.82, 2.24) is 5.32 Å². The first-order valence-corrected chi connectivity index (χ1v) is 7.40. The maximum atomic E-state index is 11.8. The van der Waals surface area contributed by atoms with E-state index in [0.29, 0.717) is 0 Å². The molecule has 1 N–H and O–H groups in total. The maximum Gasteiger partial charge on any atom is 0.238 e. The second-order valence-corrected chi connectivity index (χ2v) is 7.17. The molecule has 0 saturated heterocycles. The molecule has 0 aliphatic heterocycles. The molecule has 1 amide bonds. The number of rotatable bonds is 7. The summed E-state index contributed by atoms with van der Waals surface area (Å²) in [5.41, 5.74) is -0.387. The van der Waals surface area contributed by atoms with Gasteiger partial charge in [0, 0.05) is 12.6 Å². The third-order valence-corrected chi connectivity index (χ3v) is 4.85. The van der Waals surface area contributed by atoms with Crippen LogP contribution >= 0.6 is 0 Å². The van der Waals surface area contributed by atoms with Crippen LogP contribution in [0.15, 0.2) is 0 Å². The van der Waals surface area contributed by atoms with Crippen LogP contribution in [0.1, 0.15) is 34.1 Å². The van der Waals surface area contributed by atoms with Crippen LogP contribution in [0.5, 0.6) is 0 Å². The molecule has 0 bridgehead atoms. The van der Waals surface area contributed by atoms with E-state index in [2.05, 4.69) is 5.32 Å². The molecule has 0 heterocycles. The average molecular weight is 265 g/mol. The first-order chi connectivity index (χ1) is 7.66.